The summed E-state index contributed by atoms with van der Waals surface area (Å²) < 4.78 is 11.5. The normalized spacial score (nSPS) is 18.7. The van der Waals surface area contributed by atoms with E-state index in [1.54, 1.807) is 7.11 Å². The van der Waals surface area contributed by atoms with Crippen LogP contribution in [0.25, 0.3) is 0 Å². The molecule has 122 valence electrons. The fourth-order valence-electron chi connectivity index (χ4n) is 3.38. The number of anilines is 1. The first-order valence-corrected chi connectivity index (χ1v) is 8.63. The van der Waals surface area contributed by atoms with Crippen LogP contribution in [-0.4, -0.2) is 51.3 Å². The molecule has 0 saturated carbocycles. The maximum absolute atomic E-state index is 5.99. The van der Waals surface area contributed by atoms with Crippen molar-refractivity contribution in [2.75, 3.05) is 51.3 Å². The highest BCUT2D eigenvalue weighted by Crippen LogP contribution is 2.39. The summed E-state index contributed by atoms with van der Waals surface area (Å²) in [4.78, 5) is 5.04. The van der Waals surface area contributed by atoms with Crippen LogP contribution >= 0.6 is 0 Å². The van der Waals surface area contributed by atoms with E-state index in [9.17, 15) is 0 Å². The zero-order valence-corrected chi connectivity index (χ0v) is 13.9. The number of hydrogen-bond donors (Lipinski definition) is 0. The largest absolute Gasteiger partial charge is 0.497 e. The zero-order valence-electron chi connectivity index (χ0n) is 13.9. The fourth-order valence-corrected chi connectivity index (χ4v) is 3.38. The molecule has 0 N–H and O–H groups in total. The van der Waals surface area contributed by atoms with Gasteiger partial charge in [0.15, 0.2) is 0 Å². The van der Waals surface area contributed by atoms with Crippen molar-refractivity contribution in [2.24, 2.45) is 0 Å². The van der Waals surface area contributed by atoms with E-state index in [1.165, 1.54) is 30.6 Å². The van der Waals surface area contributed by atoms with Crippen molar-refractivity contribution in [3.63, 3.8) is 0 Å². The van der Waals surface area contributed by atoms with E-state index in [4.69, 9.17) is 9.47 Å². The number of fused-ring (bicyclic) bond motifs is 1. The number of benzene rings is 1. The summed E-state index contributed by atoms with van der Waals surface area (Å²) in [5.74, 6) is 2.04. The SMILES string of the molecule is CCCCN1CCN(c2cc(OC)cc3c2OCCC3)CC1. The van der Waals surface area contributed by atoms with Gasteiger partial charge in [0.05, 0.1) is 19.4 Å². The molecule has 0 amide bonds. The van der Waals surface area contributed by atoms with Crippen molar-refractivity contribution in [1.82, 2.24) is 4.90 Å². The molecule has 1 aromatic carbocycles. The number of methoxy groups -OCH3 is 1. The van der Waals surface area contributed by atoms with E-state index in [1.807, 2.05) is 0 Å². The molecule has 2 aliphatic rings. The van der Waals surface area contributed by atoms with Crippen molar-refractivity contribution in [1.29, 1.82) is 0 Å². The number of aryl methyl sites for hydroxylation is 1. The molecule has 1 saturated heterocycles. The Morgan fingerprint density at radius 3 is 2.73 bits per heavy atom. The van der Waals surface area contributed by atoms with Gasteiger partial charge in [-0.15, -0.1) is 0 Å². The Bertz CT molecular complexity index is 496. The minimum Gasteiger partial charge on any atom is -0.497 e. The minimum absolute atomic E-state index is 0.836. The average molecular weight is 304 g/mol. The van der Waals surface area contributed by atoms with Crippen LogP contribution in [0.3, 0.4) is 0 Å². The summed E-state index contributed by atoms with van der Waals surface area (Å²) in [6, 6.07) is 4.28. The Morgan fingerprint density at radius 1 is 1.18 bits per heavy atom. The second-order valence-electron chi connectivity index (χ2n) is 6.27. The van der Waals surface area contributed by atoms with E-state index in [0.29, 0.717) is 0 Å². The molecule has 2 heterocycles. The van der Waals surface area contributed by atoms with Gasteiger partial charge < -0.3 is 14.4 Å². The van der Waals surface area contributed by atoms with Gasteiger partial charge in [0.2, 0.25) is 0 Å². The van der Waals surface area contributed by atoms with Crippen molar-refractivity contribution in [3.05, 3.63) is 17.7 Å². The fraction of sp³-hybridized carbons (Fsp3) is 0.667. The predicted molar refractivity (Wildman–Crippen MR) is 90.4 cm³/mol. The van der Waals surface area contributed by atoms with Crippen LogP contribution in [0.15, 0.2) is 12.1 Å². The highest BCUT2D eigenvalue weighted by molar-refractivity contribution is 5.66. The first kappa shape index (κ1) is 15.5. The van der Waals surface area contributed by atoms with E-state index >= 15 is 0 Å². The van der Waals surface area contributed by atoms with E-state index < -0.39 is 0 Å². The van der Waals surface area contributed by atoms with Crippen molar-refractivity contribution in [3.8, 4) is 11.5 Å². The monoisotopic (exact) mass is 304 g/mol. The zero-order chi connectivity index (χ0) is 15.4. The molecule has 0 unspecified atom stereocenters. The smallest absolute Gasteiger partial charge is 0.146 e. The Kier molecular flexibility index (Phi) is 5.08. The maximum atomic E-state index is 5.99. The van der Waals surface area contributed by atoms with Crippen molar-refractivity contribution >= 4 is 5.69 Å². The molecule has 0 atom stereocenters. The number of rotatable bonds is 5. The molecule has 0 aromatic heterocycles. The first-order valence-electron chi connectivity index (χ1n) is 8.63. The standard InChI is InChI=1S/C18H28N2O2/c1-3-4-7-19-8-10-20(11-9-19)17-14-16(21-2)13-15-6-5-12-22-18(15)17/h13-14H,3-12H2,1-2H3. The van der Waals surface area contributed by atoms with Crippen LogP contribution in [0.1, 0.15) is 31.7 Å². The Morgan fingerprint density at radius 2 is 2.00 bits per heavy atom. The summed E-state index contributed by atoms with van der Waals surface area (Å²) in [6.45, 7) is 8.77. The second-order valence-corrected chi connectivity index (χ2v) is 6.27. The highest BCUT2D eigenvalue weighted by Gasteiger charge is 2.23. The molecule has 1 aromatic rings. The lowest BCUT2D eigenvalue weighted by Gasteiger charge is -2.37. The third kappa shape index (κ3) is 3.32. The van der Waals surface area contributed by atoms with Crippen LogP contribution in [0.4, 0.5) is 5.69 Å². The highest BCUT2D eigenvalue weighted by atomic mass is 16.5. The third-order valence-corrected chi connectivity index (χ3v) is 4.73. The minimum atomic E-state index is 0.836. The molecular formula is C18H28N2O2. The molecule has 0 spiro atoms. The molecule has 1 fully saturated rings. The number of piperazine rings is 1. The number of hydrogen-bond acceptors (Lipinski definition) is 4. The van der Waals surface area contributed by atoms with Crippen LogP contribution < -0.4 is 14.4 Å². The van der Waals surface area contributed by atoms with Crippen molar-refractivity contribution in [2.45, 2.75) is 32.6 Å². The van der Waals surface area contributed by atoms with E-state index in [0.717, 1.165) is 57.1 Å². The predicted octanol–water partition coefficient (Wildman–Crippen LogP) is 2.94. The summed E-state index contributed by atoms with van der Waals surface area (Å²) in [5, 5.41) is 0. The van der Waals surface area contributed by atoms with Gasteiger partial charge in [-0.05, 0) is 31.9 Å². The molecular weight excluding hydrogens is 276 g/mol. The lowest BCUT2D eigenvalue weighted by Crippen LogP contribution is -2.46. The van der Waals surface area contributed by atoms with Gasteiger partial charge in [-0.2, -0.15) is 0 Å². The Hall–Kier alpha value is -1.42. The molecule has 4 nitrogen and oxygen atoms in total. The van der Waals surface area contributed by atoms with Gasteiger partial charge >= 0.3 is 0 Å². The number of nitrogens with zero attached hydrogens (tertiary/aromatic N) is 2. The number of ether oxygens (including phenoxy) is 2. The summed E-state index contributed by atoms with van der Waals surface area (Å²) in [6.07, 6.45) is 4.77. The van der Waals surface area contributed by atoms with Gasteiger partial charge in [-0.25, -0.2) is 0 Å². The third-order valence-electron chi connectivity index (χ3n) is 4.73. The van der Waals surface area contributed by atoms with Crippen LogP contribution in [0, 0.1) is 0 Å². The molecule has 0 bridgehead atoms. The lowest BCUT2D eigenvalue weighted by atomic mass is 10.0. The van der Waals surface area contributed by atoms with Crippen LogP contribution in [0.5, 0.6) is 11.5 Å². The van der Waals surface area contributed by atoms with Crippen LogP contribution in [-0.2, 0) is 6.42 Å². The quantitative estimate of drug-likeness (QED) is 0.835. The first-order chi connectivity index (χ1) is 10.8. The van der Waals surface area contributed by atoms with Gasteiger partial charge in [-0.3, -0.25) is 4.90 Å². The molecule has 0 aliphatic carbocycles. The maximum Gasteiger partial charge on any atom is 0.146 e. The van der Waals surface area contributed by atoms with E-state index in [-0.39, 0.29) is 0 Å². The van der Waals surface area contributed by atoms with Gasteiger partial charge in [-0.1, -0.05) is 13.3 Å². The van der Waals surface area contributed by atoms with Crippen LogP contribution in [0.2, 0.25) is 0 Å². The average Bonchev–Trinajstić information content (AvgIpc) is 2.59. The summed E-state index contributed by atoms with van der Waals surface area (Å²) in [7, 11) is 1.75. The Labute approximate surface area is 134 Å². The van der Waals surface area contributed by atoms with Gasteiger partial charge in [0, 0.05) is 37.8 Å². The second kappa shape index (κ2) is 7.23. The molecule has 0 radical (unpaired) electrons. The van der Waals surface area contributed by atoms with Gasteiger partial charge in [0.1, 0.15) is 11.5 Å². The number of unbranched alkanes of at least 4 members (excludes halogenated alkanes) is 1. The molecule has 2 aliphatic heterocycles. The summed E-state index contributed by atoms with van der Waals surface area (Å²) in [5.41, 5.74) is 2.53. The molecule has 22 heavy (non-hydrogen) atoms. The van der Waals surface area contributed by atoms with Crippen molar-refractivity contribution < 1.29 is 9.47 Å². The summed E-state index contributed by atoms with van der Waals surface area (Å²) >= 11 is 0. The van der Waals surface area contributed by atoms with Gasteiger partial charge in [0.25, 0.3) is 0 Å². The topological polar surface area (TPSA) is 24.9 Å². The lowest BCUT2D eigenvalue weighted by molar-refractivity contribution is 0.250. The Balaban J connectivity index is 1.74. The molecule has 3 rings (SSSR count). The van der Waals surface area contributed by atoms with E-state index in [2.05, 4.69) is 28.9 Å². The molecule has 4 heteroatoms.